The number of carbonyl (C=O) groups excluding carboxylic acids is 1. The van der Waals surface area contributed by atoms with Gasteiger partial charge in [-0.1, -0.05) is 18.2 Å². The third-order valence-corrected chi connectivity index (χ3v) is 5.62. The van der Waals surface area contributed by atoms with Crippen molar-refractivity contribution < 1.29 is 4.79 Å². The number of H-pyrrole nitrogens is 1. The Balaban J connectivity index is 1.30. The largest absolute Gasteiger partial charge is 0.361 e. The van der Waals surface area contributed by atoms with Gasteiger partial charge in [0.25, 0.3) is 0 Å². The van der Waals surface area contributed by atoms with Gasteiger partial charge in [0.15, 0.2) is 0 Å². The Morgan fingerprint density at radius 3 is 2.67 bits per heavy atom. The topological polar surface area (TPSA) is 42.6 Å². The second-order valence-electron chi connectivity index (χ2n) is 7.08. The summed E-state index contributed by atoms with van der Waals surface area (Å²) in [5.74, 6) is 0. The summed E-state index contributed by atoms with van der Waals surface area (Å²) >= 11 is 0. The van der Waals surface area contributed by atoms with Gasteiger partial charge in [0.2, 0.25) is 0 Å². The Morgan fingerprint density at radius 1 is 1.12 bits per heavy atom. The van der Waals surface area contributed by atoms with E-state index in [-0.39, 0.29) is 6.03 Å². The van der Waals surface area contributed by atoms with E-state index >= 15 is 0 Å². The summed E-state index contributed by atoms with van der Waals surface area (Å²) in [6, 6.07) is 9.16. The van der Waals surface area contributed by atoms with Crippen LogP contribution >= 0.6 is 0 Å². The molecule has 5 nitrogen and oxygen atoms in total. The van der Waals surface area contributed by atoms with Gasteiger partial charge in [0.1, 0.15) is 0 Å². The number of likely N-dealkylation sites (tertiary alicyclic amines) is 1. The van der Waals surface area contributed by atoms with Crippen molar-refractivity contribution in [2.24, 2.45) is 0 Å². The van der Waals surface area contributed by atoms with Crippen molar-refractivity contribution >= 4 is 16.9 Å². The van der Waals surface area contributed by atoms with E-state index in [2.05, 4.69) is 45.2 Å². The molecule has 1 N–H and O–H groups in total. The van der Waals surface area contributed by atoms with Crippen molar-refractivity contribution in [3.63, 3.8) is 0 Å². The molecule has 128 valence electrons. The first-order chi connectivity index (χ1) is 11.7. The number of hydrogen-bond donors (Lipinski definition) is 1. The Morgan fingerprint density at radius 2 is 1.92 bits per heavy atom. The molecule has 2 aliphatic rings. The molecule has 4 rings (SSSR count). The highest BCUT2D eigenvalue weighted by atomic mass is 16.2. The molecule has 0 radical (unpaired) electrons. The molecule has 2 fully saturated rings. The summed E-state index contributed by atoms with van der Waals surface area (Å²) in [6.45, 7) is 5.07. The van der Waals surface area contributed by atoms with Crippen molar-refractivity contribution in [2.45, 2.75) is 25.3 Å². The average molecular weight is 326 g/mol. The fraction of sp³-hybridized carbons (Fsp3) is 0.526. The maximum Gasteiger partial charge on any atom is 0.320 e. The van der Waals surface area contributed by atoms with Crippen LogP contribution in [0, 0.1) is 0 Å². The number of aromatic amines is 1. The molecule has 1 aromatic heterocycles. The molecule has 24 heavy (non-hydrogen) atoms. The number of nitrogens with zero attached hydrogens (tertiary/aromatic N) is 3. The van der Waals surface area contributed by atoms with Crippen molar-refractivity contribution in [3.8, 4) is 0 Å². The molecular formula is C19H26N4O. The smallest absolute Gasteiger partial charge is 0.320 e. The Hall–Kier alpha value is -2.01. The normalized spacial score (nSPS) is 20.5. The zero-order chi connectivity index (χ0) is 16.5. The first-order valence-corrected chi connectivity index (χ1v) is 9.01. The Kier molecular flexibility index (Phi) is 4.19. The fourth-order valence-corrected chi connectivity index (χ4v) is 4.08. The lowest BCUT2D eigenvalue weighted by Crippen LogP contribution is -2.46. The summed E-state index contributed by atoms with van der Waals surface area (Å²) < 4.78 is 0. The van der Waals surface area contributed by atoms with Crippen molar-refractivity contribution in [2.75, 3.05) is 39.8 Å². The van der Waals surface area contributed by atoms with Gasteiger partial charge >= 0.3 is 6.03 Å². The van der Waals surface area contributed by atoms with E-state index in [1.54, 1.807) is 0 Å². The molecule has 0 bridgehead atoms. The lowest BCUT2D eigenvalue weighted by atomic mass is 10.0. The minimum absolute atomic E-state index is 0.215. The molecule has 2 aromatic rings. The zero-order valence-electron chi connectivity index (χ0n) is 14.4. The molecule has 0 aliphatic carbocycles. The minimum atomic E-state index is 0.215. The number of hydrogen-bond acceptors (Lipinski definition) is 2. The maximum absolute atomic E-state index is 12.1. The average Bonchev–Trinajstić information content (AvgIpc) is 3.18. The number of likely N-dealkylation sites (N-methyl/N-ethyl adjacent to an activating group) is 1. The zero-order valence-corrected chi connectivity index (χ0v) is 14.4. The van der Waals surface area contributed by atoms with Crippen LogP contribution in [-0.4, -0.2) is 71.5 Å². The van der Waals surface area contributed by atoms with E-state index in [1.165, 1.54) is 16.5 Å². The number of urea groups is 1. The molecule has 2 saturated heterocycles. The first-order valence-electron chi connectivity index (χ1n) is 9.01. The third-order valence-electron chi connectivity index (χ3n) is 5.62. The molecule has 2 aliphatic heterocycles. The summed E-state index contributed by atoms with van der Waals surface area (Å²) in [4.78, 5) is 21.9. The molecule has 0 spiro atoms. The van der Waals surface area contributed by atoms with Crippen LogP contribution in [0.1, 0.15) is 18.4 Å². The second-order valence-corrected chi connectivity index (χ2v) is 7.08. The molecule has 5 heteroatoms. The standard InChI is InChI=1S/C19H26N4O/c1-21-12-13-23(19(21)24)16-7-10-22(11-8-16)9-6-15-14-20-18-5-3-2-4-17(15)18/h2-5,14,16,20H,6-13H2,1H3. The molecule has 0 unspecified atom stereocenters. The van der Waals surface area contributed by atoms with Crippen molar-refractivity contribution in [1.82, 2.24) is 19.7 Å². The van der Waals surface area contributed by atoms with Gasteiger partial charge in [-0.15, -0.1) is 0 Å². The lowest BCUT2D eigenvalue weighted by Gasteiger charge is -2.36. The van der Waals surface area contributed by atoms with Gasteiger partial charge in [0.05, 0.1) is 0 Å². The summed E-state index contributed by atoms with van der Waals surface area (Å²) in [6.07, 6.45) is 5.44. The van der Waals surface area contributed by atoms with Crippen molar-refractivity contribution in [1.29, 1.82) is 0 Å². The maximum atomic E-state index is 12.1. The van der Waals surface area contributed by atoms with Crippen LogP contribution in [0.2, 0.25) is 0 Å². The SMILES string of the molecule is CN1CCN(C2CCN(CCc3c[nH]c4ccccc34)CC2)C1=O. The number of rotatable bonds is 4. The van der Waals surface area contributed by atoms with E-state index < -0.39 is 0 Å². The number of fused-ring (bicyclic) bond motifs is 1. The minimum Gasteiger partial charge on any atom is -0.361 e. The van der Waals surface area contributed by atoms with E-state index in [0.717, 1.165) is 52.0 Å². The molecule has 3 heterocycles. The first kappa shape index (κ1) is 15.5. The summed E-state index contributed by atoms with van der Waals surface area (Å²) in [5, 5.41) is 1.35. The van der Waals surface area contributed by atoms with Gasteiger partial charge in [-0.25, -0.2) is 4.79 Å². The lowest BCUT2D eigenvalue weighted by molar-refractivity contribution is 0.132. The van der Waals surface area contributed by atoms with Gasteiger partial charge < -0.3 is 19.7 Å². The van der Waals surface area contributed by atoms with Crippen LogP contribution in [0.4, 0.5) is 4.79 Å². The molecule has 0 atom stereocenters. The van der Waals surface area contributed by atoms with E-state index in [4.69, 9.17) is 0 Å². The monoisotopic (exact) mass is 326 g/mol. The summed E-state index contributed by atoms with van der Waals surface area (Å²) in [5.41, 5.74) is 2.63. The number of piperidine rings is 1. The van der Waals surface area contributed by atoms with Crippen molar-refractivity contribution in [3.05, 3.63) is 36.0 Å². The molecule has 2 amide bonds. The van der Waals surface area contributed by atoms with E-state index in [0.29, 0.717) is 6.04 Å². The number of nitrogens with one attached hydrogen (secondary N) is 1. The highest BCUT2D eigenvalue weighted by Gasteiger charge is 2.33. The quantitative estimate of drug-likeness (QED) is 0.938. The van der Waals surface area contributed by atoms with Crippen LogP contribution < -0.4 is 0 Å². The highest BCUT2D eigenvalue weighted by Crippen LogP contribution is 2.22. The molecule has 0 saturated carbocycles. The van der Waals surface area contributed by atoms with Gasteiger partial charge in [-0.05, 0) is 30.9 Å². The third kappa shape index (κ3) is 2.88. The second kappa shape index (κ2) is 6.48. The van der Waals surface area contributed by atoms with Crippen LogP contribution in [0.5, 0.6) is 0 Å². The number of benzene rings is 1. The van der Waals surface area contributed by atoms with E-state index in [9.17, 15) is 4.79 Å². The number of aromatic nitrogens is 1. The molecular weight excluding hydrogens is 300 g/mol. The van der Waals surface area contributed by atoms with Gasteiger partial charge in [-0.3, -0.25) is 0 Å². The van der Waals surface area contributed by atoms with Crippen LogP contribution in [0.15, 0.2) is 30.5 Å². The number of para-hydroxylation sites is 1. The van der Waals surface area contributed by atoms with Crippen LogP contribution in [0.3, 0.4) is 0 Å². The number of carbonyl (C=O) groups is 1. The van der Waals surface area contributed by atoms with E-state index in [1.807, 2.05) is 11.9 Å². The fourth-order valence-electron chi connectivity index (χ4n) is 4.08. The number of amides is 2. The van der Waals surface area contributed by atoms with Gasteiger partial charge in [0, 0.05) is 62.9 Å². The Labute approximate surface area is 143 Å². The predicted octanol–water partition coefficient (Wildman–Crippen LogP) is 2.54. The Bertz CT molecular complexity index is 717. The van der Waals surface area contributed by atoms with Crippen LogP contribution in [0.25, 0.3) is 10.9 Å². The highest BCUT2D eigenvalue weighted by molar-refractivity contribution is 5.83. The predicted molar refractivity (Wildman–Crippen MR) is 96.2 cm³/mol. The van der Waals surface area contributed by atoms with Gasteiger partial charge in [-0.2, -0.15) is 0 Å². The molecule has 1 aromatic carbocycles. The summed E-state index contributed by atoms with van der Waals surface area (Å²) in [7, 11) is 1.90. The van der Waals surface area contributed by atoms with Crippen LogP contribution in [-0.2, 0) is 6.42 Å².